The van der Waals surface area contributed by atoms with Crippen molar-refractivity contribution >= 4 is 10.8 Å². The van der Waals surface area contributed by atoms with E-state index in [0.29, 0.717) is 5.82 Å². The summed E-state index contributed by atoms with van der Waals surface area (Å²) >= 11 is 0. The summed E-state index contributed by atoms with van der Waals surface area (Å²) in [6, 6.07) is 54.0. The molecular weight excluding hydrogens is 595 g/mol. The summed E-state index contributed by atoms with van der Waals surface area (Å²) in [5.41, 5.74) is 14.8. The zero-order valence-corrected chi connectivity index (χ0v) is 27.4. The summed E-state index contributed by atoms with van der Waals surface area (Å²) in [6.45, 7) is 4.69. The van der Waals surface area contributed by atoms with E-state index in [1.807, 2.05) is 30.5 Å². The van der Waals surface area contributed by atoms with E-state index in [9.17, 15) is 0 Å². The number of nitrogens with zero attached hydrogens (tertiary/aromatic N) is 3. The maximum Gasteiger partial charge on any atom is 0.160 e. The molecule has 6 aromatic carbocycles. The summed E-state index contributed by atoms with van der Waals surface area (Å²) in [5.74, 6) is 0.707. The Bertz CT molecular complexity index is 2500. The molecule has 0 saturated carbocycles. The summed E-state index contributed by atoms with van der Waals surface area (Å²) < 4.78 is 0. The molecule has 0 radical (unpaired) electrons. The highest BCUT2D eigenvalue weighted by molar-refractivity contribution is 6.03. The van der Waals surface area contributed by atoms with Gasteiger partial charge in [0, 0.05) is 34.5 Å². The quantitative estimate of drug-likeness (QED) is 0.191. The summed E-state index contributed by atoms with van der Waals surface area (Å²) in [4.78, 5) is 14.5. The molecule has 9 rings (SSSR count). The monoisotopic (exact) mass is 627 g/mol. The Hall–Kier alpha value is -6.19. The lowest BCUT2D eigenvalue weighted by atomic mass is 9.82. The van der Waals surface area contributed by atoms with Crippen molar-refractivity contribution in [2.75, 3.05) is 0 Å². The first-order valence-electron chi connectivity index (χ1n) is 16.8. The molecule has 0 unspecified atom stereocenters. The van der Waals surface area contributed by atoms with Crippen LogP contribution in [0.3, 0.4) is 0 Å². The summed E-state index contributed by atoms with van der Waals surface area (Å²) in [6.07, 6.45) is 3.69. The molecular formula is C46H33N3. The Balaban J connectivity index is 1.15. The topological polar surface area (TPSA) is 38.7 Å². The number of aromatic nitrogens is 3. The molecule has 0 fully saturated rings. The zero-order valence-electron chi connectivity index (χ0n) is 27.4. The van der Waals surface area contributed by atoms with E-state index in [-0.39, 0.29) is 5.41 Å². The van der Waals surface area contributed by atoms with Gasteiger partial charge in [-0.2, -0.15) is 0 Å². The third-order valence-electron chi connectivity index (χ3n) is 9.99. The van der Waals surface area contributed by atoms with E-state index in [1.54, 1.807) is 6.20 Å². The van der Waals surface area contributed by atoms with Crippen molar-refractivity contribution in [3.63, 3.8) is 0 Å². The number of benzene rings is 6. The number of pyridine rings is 1. The fourth-order valence-corrected chi connectivity index (χ4v) is 7.39. The number of rotatable bonds is 5. The van der Waals surface area contributed by atoms with Crippen molar-refractivity contribution in [3.05, 3.63) is 175 Å². The minimum atomic E-state index is -0.0591. The third kappa shape index (κ3) is 5.03. The lowest BCUT2D eigenvalue weighted by molar-refractivity contribution is 0.661. The lowest BCUT2D eigenvalue weighted by Crippen LogP contribution is -2.14. The van der Waals surface area contributed by atoms with Crippen LogP contribution in [0.4, 0.5) is 0 Å². The first-order chi connectivity index (χ1) is 24.0. The van der Waals surface area contributed by atoms with E-state index in [4.69, 9.17) is 9.97 Å². The Morgan fingerprint density at radius 2 is 1.10 bits per heavy atom. The van der Waals surface area contributed by atoms with Crippen LogP contribution >= 0.6 is 0 Å². The molecule has 232 valence electrons. The van der Waals surface area contributed by atoms with Crippen molar-refractivity contribution in [3.8, 4) is 67.3 Å². The first kappa shape index (κ1) is 29.0. The highest BCUT2D eigenvalue weighted by Gasteiger charge is 2.36. The molecule has 0 saturated heterocycles. The average molecular weight is 628 g/mol. The van der Waals surface area contributed by atoms with E-state index < -0.39 is 0 Å². The predicted octanol–water partition coefficient (Wildman–Crippen LogP) is 11.7. The molecule has 0 atom stereocenters. The molecule has 49 heavy (non-hydrogen) atoms. The first-order valence-corrected chi connectivity index (χ1v) is 16.8. The van der Waals surface area contributed by atoms with Gasteiger partial charge in [-0.25, -0.2) is 9.97 Å². The number of fused-ring (bicyclic) bond motifs is 5. The van der Waals surface area contributed by atoms with Gasteiger partial charge in [0.15, 0.2) is 5.82 Å². The normalized spacial score (nSPS) is 12.9. The highest BCUT2D eigenvalue weighted by atomic mass is 14.9. The molecule has 2 aromatic heterocycles. The highest BCUT2D eigenvalue weighted by Crippen LogP contribution is 2.52. The van der Waals surface area contributed by atoms with Gasteiger partial charge in [-0.15, -0.1) is 0 Å². The minimum absolute atomic E-state index is 0.0591. The minimum Gasteiger partial charge on any atom is -0.264 e. The van der Waals surface area contributed by atoms with Gasteiger partial charge in [-0.3, -0.25) is 4.98 Å². The summed E-state index contributed by atoms with van der Waals surface area (Å²) in [5, 5.41) is 2.59. The average Bonchev–Trinajstić information content (AvgIpc) is 3.41. The molecule has 0 N–H and O–H groups in total. The maximum atomic E-state index is 5.12. The van der Waals surface area contributed by atoms with Gasteiger partial charge < -0.3 is 0 Å². The van der Waals surface area contributed by atoms with E-state index >= 15 is 0 Å². The second-order valence-corrected chi connectivity index (χ2v) is 13.3. The standard InChI is InChI=1S/C46H33N3/c1-46(2)40-23-22-35(27-39(40)44-38-16-7-6-10-31(38)21-24-41(44)46)34-13-8-14-36(26-34)43-28-42(48-45(49-43)33-11-4-3-5-12-33)32-19-17-30(18-20-32)37-15-9-25-47-29-37/h3-29H,1-2H3. The Morgan fingerprint density at radius 1 is 0.449 bits per heavy atom. The molecule has 0 amide bonds. The molecule has 2 heterocycles. The van der Waals surface area contributed by atoms with Gasteiger partial charge in [0.05, 0.1) is 11.4 Å². The fourth-order valence-electron chi connectivity index (χ4n) is 7.39. The van der Waals surface area contributed by atoms with Crippen LogP contribution in [0.2, 0.25) is 0 Å². The third-order valence-corrected chi connectivity index (χ3v) is 9.99. The van der Waals surface area contributed by atoms with Crippen LogP contribution in [0.1, 0.15) is 25.0 Å². The van der Waals surface area contributed by atoms with Crippen molar-refractivity contribution in [1.29, 1.82) is 0 Å². The number of hydrogen-bond acceptors (Lipinski definition) is 3. The van der Waals surface area contributed by atoms with Crippen LogP contribution in [-0.4, -0.2) is 15.0 Å². The van der Waals surface area contributed by atoms with E-state index in [1.165, 1.54) is 38.6 Å². The molecule has 0 aliphatic heterocycles. The molecule has 8 aromatic rings. The molecule has 0 bridgehead atoms. The van der Waals surface area contributed by atoms with Gasteiger partial charge in [-0.1, -0.05) is 141 Å². The Labute approximate surface area is 286 Å². The van der Waals surface area contributed by atoms with E-state index in [2.05, 4.69) is 146 Å². The van der Waals surface area contributed by atoms with Crippen molar-refractivity contribution in [2.45, 2.75) is 19.3 Å². The Kier molecular flexibility index (Phi) is 6.80. The predicted molar refractivity (Wildman–Crippen MR) is 202 cm³/mol. The molecule has 3 nitrogen and oxygen atoms in total. The molecule has 3 heteroatoms. The van der Waals surface area contributed by atoms with Crippen molar-refractivity contribution in [1.82, 2.24) is 15.0 Å². The fraction of sp³-hybridized carbons (Fsp3) is 0.0652. The largest absolute Gasteiger partial charge is 0.264 e. The smallest absolute Gasteiger partial charge is 0.160 e. The molecule has 0 spiro atoms. The van der Waals surface area contributed by atoms with Crippen LogP contribution in [-0.2, 0) is 5.41 Å². The van der Waals surface area contributed by atoms with Crippen LogP contribution in [0, 0.1) is 0 Å². The van der Waals surface area contributed by atoms with Gasteiger partial charge >= 0.3 is 0 Å². The zero-order chi connectivity index (χ0) is 33.0. The lowest BCUT2D eigenvalue weighted by Gasteiger charge is -2.21. The van der Waals surface area contributed by atoms with Gasteiger partial charge in [0.25, 0.3) is 0 Å². The van der Waals surface area contributed by atoms with Crippen molar-refractivity contribution < 1.29 is 0 Å². The van der Waals surface area contributed by atoms with E-state index in [0.717, 1.165) is 44.8 Å². The van der Waals surface area contributed by atoms with Crippen LogP contribution in [0.5, 0.6) is 0 Å². The molecule has 1 aliphatic carbocycles. The van der Waals surface area contributed by atoms with Gasteiger partial charge in [0.1, 0.15) is 0 Å². The molecule has 1 aliphatic rings. The van der Waals surface area contributed by atoms with Crippen LogP contribution < -0.4 is 0 Å². The summed E-state index contributed by atoms with van der Waals surface area (Å²) in [7, 11) is 0. The van der Waals surface area contributed by atoms with Crippen LogP contribution in [0.25, 0.3) is 78.1 Å². The maximum absolute atomic E-state index is 5.12. The second-order valence-electron chi connectivity index (χ2n) is 13.3. The van der Waals surface area contributed by atoms with Crippen molar-refractivity contribution in [2.24, 2.45) is 0 Å². The Morgan fingerprint density at radius 3 is 1.92 bits per heavy atom. The number of hydrogen-bond donors (Lipinski definition) is 0. The SMILES string of the molecule is CC1(C)c2ccc(-c3cccc(-c4cc(-c5ccc(-c6cccnc6)cc5)nc(-c5ccccc5)n4)c3)cc2-c2c1ccc1ccccc21. The van der Waals surface area contributed by atoms with Crippen LogP contribution in [0.15, 0.2) is 164 Å². The second kappa shape index (κ2) is 11.5. The van der Waals surface area contributed by atoms with Gasteiger partial charge in [-0.05, 0) is 79.5 Å². The van der Waals surface area contributed by atoms with Gasteiger partial charge in [0.2, 0.25) is 0 Å².